The molecule has 0 N–H and O–H groups in total. The Morgan fingerprint density at radius 1 is 0.795 bits per heavy atom. The molecular formula is C31H30F6O2. The molecule has 0 radical (unpaired) electrons. The van der Waals surface area contributed by atoms with Crippen molar-refractivity contribution >= 4 is 0 Å². The lowest BCUT2D eigenvalue weighted by Crippen LogP contribution is -2.26. The van der Waals surface area contributed by atoms with Crippen LogP contribution in [0.4, 0.5) is 26.3 Å². The molecule has 8 heteroatoms. The maximum absolute atomic E-state index is 14.9. The zero-order valence-electron chi connectivity index (χ0n) is 21.6. The van der Waals surface area contributed by atoms with E-state index in [1.54, 1.807) is 25.1 Å². The highest BCUT2D eigenvalue weighted by Crippen LogP contribution is 2.35. The first-order valence-corrected chi connectivity index (χ1v) is 13.0. The van der Waals surface area contributed by atoms with Crippen molar-refractivity contribution in [2.45, 2.75) is 57.5 Å². The van der Waals surface area contributed by atoms with Gasteiger partial charge in [0.2, 0.25) is 5.82 Å². The van der Waals surface area contributed by atoms with Gasteiger partial charge in [-0.05, 0) is 74.3 Å². The molecule has 3 aromatic carbocycles. The monoisotopic (exact) mass is 548 g/mol. The van der Waals surface area contributed by atoms with Crippen molar-refractivity contribution in [3.05, 3.63) is 101 Å². The van der Waals surface area contributed by atoms with E-state index in [4.69, 9.17) is 9.47 Å². The quantitative estimate of drug-likeness (QED) is 0.187. The molecule has 1 aliphatic heterocycles. The summed E-state index contributed by atoms with van der Waals surface area (Å²) in [5, 5.41) is 0. The van der Waals surface area contributed by atoms with Crippen LogP contribution in [-0.2, 0) is 17.6 Å². The van der Waals surface area contributed by atoms with Gasteiger partial charge in [-0.15, -0.1) is 6.58 Å². The van der Waals surface area contributed by atoms with Crippen LogP contribution in [0, 0.1) is 34.9 Å². The average molecular weight is 549 g/mol. The molecule has 0 aromatic heterocycles. The fourth-order valence-corrected chi connectivity index (χ4v) is 4.96. The highest BCUT2D eigenvalue weighted by Gasteiger charge is 2.27. The van der Waals surface area contributed by atoms with E-state index in [0.717, 1.165) is 6.07 Å². The van der Waals surface area contributed by atoms with Crippen molar-refractivity contribution in [3.8, 4) is 16.9 Å². The van der Waals surface area contributed by atoms with Crippen LogP contribution in [0.1, 0.15) is 55.2 Å². The summed E-state index contributed by atoms with van der Waals surface area (Å²) >= 11 is 0. The number of allylic oxidation sites excluding steroid dienone is 1. The lowest BCUT2D eigenvalue weighted by atomic mass is 9.88. The van der Waals surface area contributed by atoms with Gasteiger partial charge in [0.05, 0.1) is 19.3 Å². The summed E-state index contributed by atoms with van der Waals surface area (Å²) < 4.78 is 98.5. The van der Waals surface area contributed by atoms with Crippen LogP contribution >= 0.6 is 0 Å². The predicted octanol–water partition coefficient (Wildman–Crippen LogP) is 8.60. The van der Waals surface area contributed by atoms with Gasteiger partial charge in [-0.25, -0.2) is 22.0 Å². The Morgan fingerprint density at radius 2 is 1.44 bits per heavy atom. The molecule has 0 bridgehead atoms. The molecule has 2 atom stereocenters. The third-order valence-electron chi connectivity index (χ3n) is 7.15. The Labute approximate surface area is 224 Å². The third-order valence-corrected chi connectivity index (χ3v) is 7.15. The lowest BCUT2D eigenvalue weighted by molar-refractivity contribution is -0.00138. The second-order valence-electron chi connectivity index (χ2n) is 9.61. The maximum Gasteiger partial charge on any atom is 0.201 e. The van der Waals surface area contributed by atoms with E-state index >= 15 is 0 Å². The van der Waals surface area contributed by atoms with Crippen LogP contribution in [0.3, 0.4) is 0 Å². The van der Waals surface area contributed by atoms with E-state index in [2.05, 4.69) is 6.58 Å². The first-order chi connectivity index (χ1) is 18.8. The molecule has 0 spiro atoms. The topological polar surface area (TPSA) is 18.5 Å². The summed E-state index contributed by atoms with van der Waals surface area (Å²) in [6.07, 6.45) is 3.95. The number of benzene rings is 3. The fourth-order valence-electron chi connectivity index (χ4n) is 4.96. The Hall–Kier alpha value is -3.26. The SMILES string of the molecule is C=CCCc1ccc(C2CCC(CCc3ccc(-c4ccc(OCC)c(F)c4F)c(F)c3F)OC2)c(F)c1F. The molecule has 0 saturated carbocycles. The van der Waals surface area contributed by atoms with Gasteiger partial charge in [-0.1, -0.05) is 30.3 Å². The molecule has 208 valence electrons. The third kappa shape index (κ3) is 6.16. The molecule has 2 unspecified atom stereocenters. The van der Waals surface area contributed by atoms with E-state index in [1.807, 2.05) is 0 Å². The molecule has 2 nitrogen and oxygen atoms in total. The Morgan fingerprint density at radius 3 is 2.10 bits per heavy atom. The molecule has 39 heavy (non-hydrogen) atoms. The smallest absolute Gasteiger partial charge is 0.201 e. The van der Waals surface area contributed by atoms with Crippen molar-refractivity contribution < 1.29 is 35.8 Å². The lowest BCUT2D eigenvalue weighted by Gasteiger charge is -2.30. The zero-order chi connectivity index (χ0) is 28.1. The number of hydrogen-bond acceptors (Lipinski definition) is 2. The Kier molecular flexibility index (Phi) is 9.38. The van der Waals surface area contributed by atoms with Crippen molar-refractivity contribution in [2.75, 3.05) is 13.2 Å². The summed E-state index contributed by atoms with van der Waals surface area (Å²) in [5.74, 6) is -7.30. The maximum atomic E-state index is 14.9. The first kappa shape index (κ1) is 28.7. The Balaban J connectivity index is 1.38. The highest BCUT2D eigenvalue weighted by atomic mass is 19.2. The Bertz CT molecular complexity index is 1330. The van der Waals surface area contributed by atoms with Gasteiger partial charge < -0.3 is 9.47 Å². The molecule has 3 aromatic rings. The first-order valence-electron chi connectivity index (χ1n) is 13.0. The number of aryl methyl sites for hydroxylation is 2. The van der Waals surface area contributed by atoms with Crippen LogP contribution in [0.15, 0.2) is 49.1 Å². The second-order valence-corrected chi connectivity index (χ2v) is 9.61. The van der Waals surface area contributed by atoms with Crippen LogP contribution in [-0.4, -0.2) is 19.3 Å². The van der Waals surface area contributed by atoms with E-state index in [9.17, 15) is 26.3 Å². The molecule has 1 heterocycles. The molecule has 0 amide bonds. The van der Waals surface area contributed by atoms with E-state index in [1.165, 1.54) is 18.2 Å². The molecule has 4 rings (SSSR count). The number of hydrogen-bond donors (Lipinski definition) is 0. The normalized spacial score (nSPS) is 17.3. The van der Waals surface area contributed by atoms with Gasteiger partial charge in [-0.3, -0.25) is 0 Å². The fraction of sp³-hybridized carbons (Fsp3) is 0.355. The van der Waals surface area contributed by atoms with Gasteiger partial charge in [0, 0.05) is 17.0 Å². The van der Waals surface area contributed by atoms with Crippen molar-refractivity contribution in [2.24, 2.45) is 0 Å². The number of ether oxygens (including phenoxy) is 2. The van der Waals surface area contributed by atoms with Crippen molar-refractivity contribution in [1.29, 1.82) is 0 Å². The van der Waals surface area contributed by atoms with Crippen LogP contribution in [0.2, 0.25) is 0 Å². The van der Waals surface area contributed by atoms with E-state index in [-0.39, 0.29) is 48.5 Å². The minimum atomic E-state index is -1.32. The summed E-state index contributed by atoms with van der Waals surface area (Å²) in [4.78, 5) is 0. The van der Waals surface area contributed by atoms with Gasteiger partial charge in [0.15, 0.2) is 34.8 Å². The summed E-state index contributed by atoms with van der Waals surface area (Å²) in [7, 11) is 0. The molecule has 1 fully saturated rings. The van der Waals surface area contributed by atoms with Crippen LogP contribution in [0.25, 0.3) is 11.1 Å². The van der Waals surface area contributed by atoms with Crippen molar-refractivity contribution in [3.63, 3.8) is 0 Å². The minimum absolute atomic E-state index is 0.0806. The summed E-state index contributed by atoms with van der Waals surface area (Å²) in [6, 6.07) is 8.09. The summed E-state index contributed by atoms with van der Waals surface area (Å²) in [6.45, 7) is 5.52. The van der Waals surface area contributed by atoms with Gasteiger partial charge in [-0.2, -0.15) is 4.39 Å². The predicted molar refractivity (Wildman–Crippen MR) is 138 cm³/mol. The largest absolute Gasteiger partial charge is 0.491 e. The summed E-state index contributed by atoms with van der Waals surface area (Å²) in [5.41, 5.74) is -0.136. The minimum Gasteiger partial charge on any atom is -0.491 e. The van der Waals surface area contributed by atoms with Crippen LogP contribution < -0.4 is 4.74 Å². The van der Waals surface area contributed by atoms with E-state index < -0.39 is 46.0 Å². The molecule has 1 aliphatic rings. The molecule has 1 saturated heterocycles. The van der Waals surface area contributed by atoms with E-state index in [0.29, 0.717) is 37.7 Å². The highest BCUT2D eigenvalue weighted by molar-refractivity contribution is 5.66. The van der Waals surface area contributed by atoms with Crippen molar-refractivity contribution in [1.82, 2.24) is 0 Å². The zero-order valence-corrected chi connectivity index (χ0v) is 21.6. The van der Waals surface area contributed by atoms with Gasteiger partial charge in [0.1, 0.15) is 0 Å². The van der Waals surface area contributed by atoms with Gasteiger partial charge >= 0.3 is 0 Å². The second kappa shape index (κ2) is 12.7. The molecular weight excluding hydrogens is 518 g/mol. The standard InChI is InChI=1S/C31H30F6O2/c1-3-5-6-18-9-13-22(28(34)26(18)32)20-8-12-21(39-17-20)11-7-19-10-14-23(29(35)27(19)33)24-15-16-25(38-4-2)31(37)30(24)36/h3,9-10,13-16,20-21H,1,4-8,11-12,17H2,2H3. The number of halogens is 6. The average Bonchev–Trinajstić information content (AvgIpc) is 2.94. The van der Waals surface area contributed by atoms with Gasteiger partial charge in [0.25, 0.3) is 0 Å². The molecule has 0 aliphatic carbocycles. The van der Waals surface area contributed by atoms with Crippen LogP contribution in [0.5, 0.6) is 5.75 Å². The number of rotatable bonds is 10.